The lowest BCUT2D eigenvalue weighted by Crippen LogP contribution is -2.26. The van der Waals surface area contributed by atoms with Crippen LogP contribution in [0.2, 0.25) is 0 Å². The van der Waals surface area contributed by atoms with Crippen LogP contribution in [0.4, 0.5) is 0 Å². The molecule has 0 aromatic heterocycles. The first-order valence-electron chi connectivity index (χ1n) is 3.70. The van der Waals surface area contributed by atoms with E-state index in [0.717, 1.165) is 26.1 Å². The van der Waals surface area contributed by atoms with Crippen LogP contribution in [0.3, 0.4) is 0 Å². The number of likely N-dealkylation sites (tertiary alicyclic amines) is 1. The van der Waals surface area contributed by atoms with E-state index in [2.05, 4.69) is 16.7 Å². The van der Waals surface area contributed by atoms with Crippen LogP contribution in [0.15, 0.2) is 0 Å². The Balaban J connectivity index is 2.22. The monoisotopic (exact) mass is 138 g/mol. The minimum absolute atomic E-state index is 0.388. The zero-order valence-electron chi connectivity index (χ0n) is 6.43. The molecular weight excluding hydrogens is 124 g/mol. The maximum absolute atomic E-state index is 5.71. The van der Waals surface area contributed by atoms with Gasteiger partial charge in [-0.2, -0.15) is 0 Å². The molecular formula is C8H14N2. The van der Waals surface area contributed by atoms with Gasteiger partial charge in [0.2, 0.25) is 0 Å². The lowest BCUT2D eigenvalue weighted by Gasteiger charge is -2.09. The Kier molecular flexibility index (Phi) is 2.73. The summed E-state index contributed by atoms with van der Waals surface area (Å²) in [7, 11) is 0. The van der Waals surface area contributed by atoms with Gasteiger partial charge in [0.1, 0.15) is 0 Å². The molecule has 2 heteroatoms. The number of nitrogens with two attached hydrogens (primary N) is 1. The summed E-state index contributed by atoms with van der Waals surface area (Å²) >= 11 is 0. The average Bonchev–Trinajstić information content (AvgIpc) is 2.31. The molecule has 0 spiro atoms. The largest absolute Gasteiger partial charge is 0.326 e. The minimum atomic E-state index is 0.388. The second-order valence-electron chi connectivity index (χ2n) is 2.71. The maximum atomic E-state index is 5.71. The van der Waals surface area contributed by atoms with E-state index in [0.29, 0.717) is 6.04 Å². The third-order valence-corrected chi connectivity index (χ3v) is 1.79. The van der Waals surface area contributed by atoms with Gasteiger partial charge in [0.25, 0.3) is 0 Å². The summed E-state index contributed by atoms with van der Waals surface area (Å²) in [5, 5.41) is 0. The Hall–Kier alpha value is -0.520. The van der Waals surface area contributed by atoms with Crippen molar-refractivity contribution in [2.75, 3.05) is 19.6 Å². The van der Waals surface area contributed by atoms with Crippen LogP contribution in [0.1, 0.15) is 13.3 Å². The van der Waals surface area contributed by atoms with Gasteiger partial charge in [0, 0.05) is 19.1 Å². The first-order chi connectivity index (χ1) is 4.83. The van der Waals surface area contributed by atoms with Crippen molar-refractivity contribution in [2.24, 2.45) is 5.73 Å². The average molecular weight is 138 g/mol. The molecule has 2 nitrogen and oxygen atoms in total. The summed E-state index contributed by atoms with van der Waals surface area (Å²) in [6.07, 6.45) is 1.13. The van der Waals surface area contributed by atoms with Crippen LogP contribution in [0.5, 0.6) is 0 Å². The molecule has 0 aliphatic carbocycles. The molecule has 1 fully saturated rings. The highest BCUT2D eigenvalue weighted by molar-refractivity contribution is 4.99. The van der Waals surface area contributed by atoms with E-state index in [1.54, 1.807) is 0 Å². The molecule has 0 amide bonds. The van der Waals surface area contributed by atoms with Crippen LogP contribution in [0.25, 0.3) is 0 Å². The van der Waals surface area contributed by atoms with Crippen LogP contribution in [0, 0.1) is 11.8 Å². The van der Waals surface area contributed by atoms with Crippen molar-refractivity contribution in [3.8, 4) is 11.8 Å². The van der Waals surface area contributed by atoms with E-state index < -0.39 is 0 Å². The molecule has 10 heavy (non-hydrogen) atoms. The second-order valence-corrected chi connectivity index (χ2v) is 2.71. The van der Waals surface area contributed by atoms with Crippen molar-refractivity contribution < 1.29 is 0 Å². The molecule has 0 unspecified atom stereocenters. The van der Waals surface area contributed by atoms with E-state index in [1.165, 1.54) is 0 Å². The maximum Gasteiger partial charge on any atom is 0.0602 e. The van der Waals surface area contributed by atoms with Crippen molar-refractivity contribution in [1.29, 1.82) is 0 Å². The highest BCUT2D eigenvalue weighted by Crippen LogP contribution is 2.04. The number of hydrogen-bond donors (Lipinski definition) is 1. The van der Waals surface area contributed by atoms with Crippen LogP contribution >= 0.6 is 0 Å². The molecule has 0 radical (unpaired) electrons. The van der Waals surface area contributed by atoms with Crippen molar-refractivity contribution in [3.63, 3.8) is 0 Å². The molecule has 1 heterocycles. The summed E-state index contributed by atoms with van der Waals surface area (Å²) in [5.41, 5.74) is 5.71. The molecule has 2 N–H and O–H groups in total. The lowest BCUT2D eigenvalue weighted by molar-refractivity contribution is 0.377. The first kappa shape index (κ1) is 7.59. The van der Waals surface area contributed by atoms with Crippen molar-refractivity contribution >= 4 is 0 Å². The van der Waals surface area contributed by atoms with Crippen molar-refractivity contribution in [3.05, 3.63) is 0 Å². The van der Waals surface area contributed by atoms with Gasteiger partial charge < -0.3 is 5.73 Å². The van der Waals surface area contributed by atoms with E-state index in [4.69, 9.17) is 5.73 Å². The van der Waals surface area contributed by atoms with Crippen LogP contribution < -0.4 is 5.73 Å². The topological polar surface area (TPSA) is 29.3 Å². The van der Waals surface area contributed by atoms with E-state index in [9.17, 15) is 0 Å². The predicted molar refractivity (Wildman–Crippen MR) is 42.5 cm³/mol. The van der Waals surface area contributed by atoms with Gasteiger partial charge in [-0.3, -0.25) is 4.90 Å². The van der Waals surface area contributed by atoms with Gasteiger partial charge in [-0.15, -0.1) is 5.92 Å². The Labute approximate surface area is 62.4 Å². The highest BCUT2D eigenvalue weighted by atomic mass is 15.2. The normalized spacial score (nSPS) is 26.0. The van der Waals surface area contributed by atoms with Gasteiger partial charge in [-0.1, -0.05) is 5.92 Å². The number of hydrogen-bond acceptors (Lipinski definition) is 2. The molecule has 0 aromatic rings. The van der Waals surface area contributed by atoms with Gasteiger partial charge in [0.15, 0.2) is 0 Å². The summed E-state index contributed by atoms with van der Waals surface area (Å²) < 4.78 is 0. The molecule has 56 valence electrons. The summed E-state index contributed by atoms with van der Waals surface area (Å²) in [4.78, 5) is 2.29. The molecule has 1 atom stereocenters. The minimum Gasteiger partial charge on any atom is -0.326 e. The van der Waals surface area contributed by atoms with Crippen molar-refractivity contribution in [2.45, 2.75) is 19.4 Å². The molecule has 0 aromatic carbocycles. The van der Waals surface area contributed by atoms with Crippen LogP contribution in [-0.4, -0.2) is 30.6 Å². The Morgan fingerprint density at radius 1 is 1.70 bits per heavy atom. The van der Waals surface area contributed by atoms with E-state index in [-0.39, 0.29) is 0 Å². The van der Waals surface area contributed by atoms with Gasteiger partial charge in [0.05, 0.1) is 6.54 Å². The fraction of sp³-hybridized carbons (Fsp3) is 0.750. The first-order valence-corrected chi connectivity index (χ1v) is 3.70. The zero-order valence-corrected chi connectivity index (χ0v) is 6.43. The SMILES string of the molecule is CC#CCN1CC[C@H](N)C1. The Morgan fingerprint density at radius 2 is 2.50 bits per heavy atom. The molecule has 1 aliphatic heterocycles. The zero-order chi connectivity index (χ0) is 7.40. The van der Waals surface area contributed by atoms with E-state index >= 15 is 0 Å². The molecule has 0 saturated carbocycles. The van der Waals surface area contributed by atoms with Crippen LogP contribution in [-0.2, 0) is 0 Å². The van der Waals surface area contributed by atoms with Gasteiger partial charge in [-0.05, 0) is 13.3 Å². The highest BCUT2D eigenvalue weighted by Gasteiger charge is 2.16. The van der Waals surface area contributed by atoms with Gasteiger partial charge >= 0.3 is 0 Å². The predicted octanol–water partition coefficient (Wildman–Crippen LogP) is 0.0427. The number of rotatable bonds is 1. The quantitative estimate of drug-likeness (QED) is 0.518. The number of nitrogens with zero attached hydrogens (tertiary/aromatic N) is 1. The standard InChI is InChI=1S/C8H14N2/c1-2-3-5-10-6-4-8(9)7-10/h8H,4-7,9H2,1H3/t8-/m0/s1. The Morgan fingerprint density at radius 3 is 3.00 bits per heavy atom. The summed E-state index contributed by atoms with van der Waals surface area (Å²) in [6.45, 7) is 4.91. The fourth-order valence-electron chi connectivity index (χ4n) is 1.20. The Bertz CT molecular complexity index is 154. The molecule has 1 aliphatic rings. The second kappa shape index (κ2) is 3.60. The summed E-state index contributed by atoms with van der Waals surface area (Å²) in [6, 6.07) is 0.388. The lowest BCUT2D eigenvalue weighted by atomic mass is 10.3. The smallest absolute Gasteiger partial charge is 0.0602 e. The third-order valence-electron chi connectivity index (χ3n) is 1.79. The molecule has 0 bridgehead atoms. The van der Waals surface area contributed by atoms with Crippen molar-refractivity contribution in [1.82, 2.24) is 4.90 Å². The summed E-state index contributed by atoms with van der Waals surface area (Å²) in [5.74, 6) is 5.91. The van der Waals surface area contributed by atoms with E-state index in [1.807, 2.05) is 6.92 Å². The van der Waals surface area contributed by atoms with Gasteiger partial charge in [-0.25, -0.2) is 0 Å². The third kappa shape index (κ3) is 2.02. The fourth-order valence-corrected chi connectivity index (χ4v) is 1.20. The molecule has 1 saturated heterocycles. The molecule has 1 rings (SSSR count).